The third-order valence-electron chi connectivity index (χ3n) is 2.77. The standard InChI is InChI=1S/C14H19N3O2/c1-3-19-13-6-4-5-11(14(13)18)9-15-10-12-7-8-17(2)16-12/h4-8,15,18H,3,9-10H2,1-2H3. The second kappa shape index (κ2) is 6.24. The van der Waals surface area contributed by atoms with E-state index in [9.17, 15) is 5.11 Å². The number of nitrogens with zero attached hydrogens (tertiary/aromatic N) is 2. The number of phenolic OH excluding ortho intramolecular Hbond substituents is 1. The molecule has 0 aliphatic rings. The van der Waals surface area contributed by atoms with E-state index < -0.39 is 0 Å². The van der Waals surface area contributed by atoms with Crippen molar-refractivity contribution in [1.29, 1.82) is 0 Å². The zero-order chi connectivity index (χ0) is 13.7. The molecule has 1 aromatic heterocycles. The lowest BCUT2D eigenvalue weighted by Gasteiger charge is -2.10. The molecule has 0 radical (unpaired) electrons. The minimum absolute atomic E-state index is 0.206. The van der Waals surface area contributed by atoms with Gasteiger partial charge in [0.15, 0.2) is 11.5 Å². The Labute approximate surface area is 112 Å². The highest BCUT2D eigenvalue weighted by Gasteiger charge is 2.07. The van der Waals surface area contributed by atoms with E-state index in [4.69, 9.17) is 4.74 Å². The van der Waals surface area contributed by atoms with Crippen molar-refractivity contribution in [2.24, 2.45) is 7.05 Å². The maximum Gasteiger partial charge on any atom is 0.162 e. The lowest BCUT2D eigenvalue weighted by Crippen LogP contribution is -2.13. The number of hydrogen-bond donors (Lipinski definition) is 2. The summed E-state index contributed by atoms with van der Waals surface area (Å²) in [6.07, 6.45) is 1.91. The Bertz CT molecular complexity index is 537. The quantitative estimate of drug-likeness (QED) is 0.832. The zero-order valence-electron chi connectivity index (χ0n) is 11.3. The molecular formula is C14H19N3O2. The van der Waals surface area contributed by atoms with Gasteiger partial charge >= 0.3 is 0 Å². The molecule has 2 N–H and O–H groups in total. The predicted molar refractivity (Wildman–Crippen MR) is 73.0 cm³/mol. The molecule has 0 saturated carbocycles. The molecule has 0 bridgehead atoms. The summed E-state index contributed by atoms with van der Waals surface area (Å²) in [6, 6.07) is 7.48. The van der Waals surface area contributed by atoms with Crippen molar-refractivity contribution in [3.63, 3.8) is 0 Å². The number of rotatable bonds is 6. The number of benzene rings is 1. The first-order valence-electron chi connectivity index (χ1n) is 6.33. The number of aryl methyl sites for hydroxylation is 1. The van der Waals surface area contributed by atoms with Crippen molar-refractivity contribution in [3.05, 3.63) is 41.7 Å². The molecule has 102 valence electrons. The number of ether oxygens (including phenoxy) is 1. The van der Waals surface area contributed by atoms with Gasteiger partial charge in [-0.1, -0.05) is 12.1 Å². The van der Waals surface area contributed by atoms with Crippen molar-refractivity contribution >= 4 is 0 Å². The summed E-state index contributed by atoms with van der Waals surface area (Å²) >= 11 is 0. The summed E-state index contributed by atoms with van der Waals surface area (Å²) in [7, 11) is 1.89. The maximum absolute atomic E-state index is 10.0. The Balaban J connectivity index is 1.94. The smallest absolute Gasteiger partial charge is 0.162 e. The van der Waals surface area contributed by atoms with E-state index in [1.165, 1.54) is 0 Å². The van der Waals surface area contributed by atoms with Crippen LogP contribution in [0.2, 0.25) is 0 Å². The van der Waals surface area contributed by atoms with Gasteiger partial charge in [-0.25, -0.2) is 0 Å². The maximum atomic E-state index is 10.0. The molecule has 5 heteroatoms. The molecule has 0 saturated heterocycles. The SMILES string of the molecule is CCOc1cccc(CNCc2ccn(C)n2)c1O. The first kappa shape index (κ1) is 13.4. The van der Waals surface area contributed by atoms with Crippen LogP contribution >= 0.6 is 0 Å². The van der Waals surface area contributed by atoms with Crippen molar-refractivity contribution in [1.82, 2.24) is 15.1 Å². The molecule has 0 unspecified atom stereocenters. The van der Waals surface area contributed by atoms with Crippen molar-refractivity contribution in [3.8, 4) is 11.5 Å². The number of para-hydroxylation sites is 1. The number of nitrogens with one attached hydrogen (secondary N) is 1. The van der Waals surface area contributed by atoms with Crippen LogP contribution in [0.25, 0.3) is 0 Å². The summed E-state index contributed by atoms with van der Waals surface area (Å²) in [6.45, 7) is 3.67. The molecule has 0 aliphatic carbocycles. The summed E-state index contributed by atoms with van der Waals surface area (Å²) in [5.74, 6) is 0.734. The largest absolute Gasteiger partial charge is 0.504 e. The van der Waals surface area contributed by atoms with Gasteiger partial charge in [-0.15, -0.1) is 0 Å². The first-order chi connectivity index (χ1) is 9.20. The number of aromatic nitrogens is 2. The van der Waals surface area contributed by atoms with Crippen LogP contribution in [-0.2, 0) is 20.1 Å². The van der Waals surface area contributed by atoms with Crippen molar-refractivity contribution in [2.75, 3.05) is 6.61 Å². The molecule has 0 amide bonds. The van der Waals surface area contributed by atoms with Crippen LogP contribution in [0.5, 0.6) is 11.5 Å². The third kappa shape index (κ3) is 3.48. The molecule has 5 nitrogen and oxygen atoms in total. The van der Waals surface area contributed by atoms with E-state index >= 15 is 0 Å². The average molecular weight is 261 g/mol. The second-order valence-electron chi connectivity index (χ2n) is 4.28. The van der Waals surface area contributed by atoms with Crippen LogP contribution in [0.15, 0.2) is 30.5 Å². The molecular weight excluding hydrogens is 242 g/mol. The Kier molecular flexibility index (Phi) is 4.41. The summed E-state index contributed by atoms with van der Waals surface area (Å²) in [5, 5.41) is 17.6. The minimum Gasteiger partial charge on any atom is -0.504 e. The fraction of sp³-hybridized carbons (Fsp3) is 0.357. The Morgan fingerprint density at radius 3 is 2.84 bits per heavy atom. The predicted octanol–water partition coefficient (Wildman–Crippen LogP) is 1.81. The lowest BCUT2D eigenvalue weighted by atomic mass is 10.2. The molecule has 1 heterocycles. The molecule has 0 aliphatic heterocycles. The third-order valence-corrected chi connectivity index (χ3v) is 2.77. The lowest BCUT2D eigenvalue weighted by molar-refractivity contribution is 0.316. The van der Waals surface area contributed by atoms with Gasteiger partial charge < -0.3 is 15.2 Å². The van der Waals surface area contributed by atoms with Gasteiger partial charge in [-0.3, -0.25) is 4.68 Å². The number of phenols is 1. The Morgan fingerprint density at radius 2 is 2.16 bits per heavy atom. The van der Waals surface area contributed by atoms with Crippen LogP contribution in [0.4, 0.5) is 0 Å². The van der Waals surface area contributed by atoms with E-state index in [1.54, 1.807) is 10.7 Å². The fourth-order valence-corrected chi connectivity index (χ4v) is 1.87. The summed E-state index contributed by atoms with van der Waals surface area (Å²) in [5.41, 5.74) is 1.80. The zero-order valence-corrected chi connectivity index (χ0v) is 11.3. The molecule has 0 spiro atoms. The minimum atomic E-state index is 0.206. The highest BCUT2D eigenvalue weighted by atomic mass is 16.5. The van der Waals surface area contributed by atoms with Crippen LogP contribution in [-0.4, -0.2) is 21.5 Å². The van der Waals surface area contributed by atoms with Gasteiger partial charge in [-0.05, 0) is 19.1 Å². The highest BCUT2D eigenvalue weighted by Crippen LogP contribution is 2.29. The van der Waals surface area contributed by atoms with Crippen LogP contribution in [0.3, 0.4) is 0 Å². The van der Waals surface area contributed by atoms with E-state index in [-0.39, 0.29) is 5.75 Å². The van der Waals surface area contributed by atoms with E-state index in [0.29, 0.717) is 25.4 Å². The van der Waals surface area contributed by atoms with E-state index in [1.807, 2.05) is 38.4 Å². The molecule has 19 heavy (non-hydrogen) atoms. The van der Waals surface area contributed by atoms with Crippen LogP contribution in [0, 0.1) is 0 Å². The summed E-state index contributed by atoms with van der Waals surface area (Å²) in [4.78, 5) is 0. The van der Waals surface area contributed by atoms with Gasteiger partial charge in [0, 0.05) is 31.9 Å². The Morgan fingerprint density at radius 1 is 1.32 bits per heavy atom. The van der Waals surface area contributed by atoms with Crippen molar-refractivity contribution in [2.45, 2.75) is 20.0 Å². The molecule has 0 fully saturated rings. The summed E-state index contributed by atoms with van der Waals surface area (Å²) < 4.78 is 7.12. The molecule has 1 aromatic carbocycles. The molecule has 0 atom stereocenters. The van der Waals surface area contributed by atoms with Crippen LogP contribution < -0.4 is 10.1 Å². The highest BCUT2D eigenvalue weighted by molar-refractivity contribution is 5.45. The number of aromatic hydroxyl groups is 1. The van der Waals surface area contributed by atoms with Crippen molar-refractivity contribution < 1.29 is 9.84 Å². The monoisotopic (exact) mass is 261 g/mol. The fourth-order valence-electron chi connectivity index (χ4n) is 1.87. The topological polar surface area (TPSA) is 59.3 Å². The van der Waals surface area contributed by atoms with E-state index in [2.05, 4.69) is 10.4 Å². The van der Waals surface area contributed by atoms with Gasteiger partial charge in [0.2, 0.25) is 0 Å². The van der Waals surface area contributed by atoms with E-state index in [0.717, 1.165) is 11.3 Å². The molecule has 2 rings (SSSR count). The van der Waals surface area contributed by atoms with Crippen LogP contribution in [0.1, 0.15) is 18.2 Å². The average Bonchev–Trinajstić information content (AvgIpc) is 2.80. The second-order valence-corrected chi connectivity index (χ2v) is 4.28. The first-order valence-corrected chi connectivity index (χ1v) is 6.33. The van der Waals surface area contributed by atoms with Gasteiger partial charge in [0.1, 0.15) is 0 Å². The van der Waals surface area contributed by atoms with Gasteiger partial charge in [0.05, 0.1) is 12.3 Å². The molecule has 2 aromatic rings. The van der Waals surface area contributed by atoms with Gasteiger partial charge in [0.25, 0.3) is 0 Å². The Hall–Kier alpha value is -2.01. The normalized spacial score (nSPS) is 10.6. The number of hydrogen-bond acceptors (Lipinski definition) is 4. The van der Waals surface area contributed by atoms with Gasteiger partial charge in [-0.2, -0.15) is 5.10 Å².